The van der Waals surface area contributed by atoms with Gasteiger partial charge in [0.25, 0.3) is 5.91 Å². The van der Waals surface area contributed by atoms with Crippen molar-refractivity contribution in [3.05, 3.63) is 59.4 Å². The monoisotopic (exact) mass is 589 g/mol. The summed E-state index contributed by atoms with van der Waals surface area (Å²) in [4.78, 5) is 30.5. The zero-order valence-electron chi connectivity index (χ0n) is 26.1. The standard InChI is InChI=1S/C35H39N7O2/c1-19-15-36-16-20(2)31(19)38-30-11-9-23-13-28(41(33(23)39-30)17-22-6-7-22)34-37-26-12-25(14-29(44-5)32(26)40(34)4)35(43)42-18-24-8-10-27(42)21(24)3/h9,11-16,21-22,24,27H,6-8,10,17-18H2,1-5H3,(H,36,38,39)/t21-,24?,27?/m1/s1. The molecule has 1 aromatic carbocycles. The third-order valence-electron chi connectivity index (χ3n) is 10.4. The van der Waals surface area contributed by atoms with Gasteiger partial charge in [0.15, 0.2) is 5.82 Å². The largest absolute Gasteiger partial charge is 0.494 e. The topological polar surface area (TPSA) is 90.1 Å². The second-order valence-corrected chi connectivity index (χ2v) is 13.2. The molecule has 2 unspecified atom stereocenters. The molecule has 5 aromatic rings. The molecule has 9 nitrogen and oxygen atoms in total. The first-order valence-electron chi connectivity index (χ1n) is 15.8. The number of carbonyl (C=O) groups is 1. The molecule has 0 spiro atoms. The van der Waals surface area contributed by atoms with Crippen LogP contribution in [0.25, 0.3) is 33.6 Å². The van der Waals surface area contributed by atoms with Crippen LogP contribution in [0.3, 0.4) is 0 Å². The van der Waals surface area contributed by atoms with Crippen molar-refractivity contribution >= 4 is 39.5 Å². The second kappa shape index (κ2) is 10.1. The van der Waals surface area contributed by atoms with Crippen LogP contribution in [0.4, 0.5) is 11.5 Å². The Bertz CT molecular complexity index is 1930. The van der Waals surface area contributed by atoms with Crippen LogP contribution in [0.2, 0.25) is 0 Å². The van der Waals surface area contributed by atoms with E-state index in [2.05, 4.69) is 57.2 Å². The predicted molar refractivity (Wildman–Crippen MR) is 172 cm³/mol. The highest BCUT2D eigenvalue weighted by Gasteiger charge is 2.46. The molecular weight excluding hydrogens is 550 g/mol. The van der Waals surface area contributed by atoms with Gasteiger partial charge in [0.2, 0.25) is 0 Å². The van der Waals surface area contributed by atoms with Gasteiger partial charge in [0.05, 0.1) is 18.3 Å². The third-order valence-corrected chi connectivity index (χ3v) is 10.4. The molecule has 2 saturated carbocycles. The third kappa shape index (κ3) is 4.27. The molecule has 9 heteroatoms. The van der Waals surface area contributed by atoms with E-state index in [1.165, 1.54) is 19.3 Å². The number of nitrogens with one attached hydrogen (secondary N) is 1. The first-order chi connectivity index (χ1) is 21.3. The highest BCUT2D eigenvalue weighted by molar-refractivity contribution is 6.00. The number of aromatic nitrogens is 5. The molecule has 226 valence electrons. The Labute approximate surface area is 257 Å². The minimum absolute atomic E-state index is 0.0863. The van der Waals surface area contributed by atoms with E-state index in [-0.39, 0.29) is 5.91 Å². The SMILES string of the molecule is COc1cc(C(=O)N2CC3CCC2[C@@H]3C)cc2nc(-c3cc4ccc(Nc5c(C)cncc5C)nc4n3CC3CC3)n(C)c12. The maximum Gasteiger partial charge on any atom is 0.254 e. The van der Waals surface area contributed by atoms with Gasteiger partial charge in [0, 0.05) is 55.2 Å². The first kappa shape index (κ1) is 27.2. The first-order valence-corrected chi connectivity index (χ1v) is 15.8. The number of pyridine rings is 2. The van der Waals surface area contributed by atoms with Crippen molar-refractivity contribution in [2.75, 3.05) is 19.0 Å². The summed E-state index contributed by atoms with van der Waals surface area (Å²) in [6, 6.07) is 10.6. The van der Waals surface area contributed by atoms with Crippen molar-refractivity contribution in [2.24, 2.45) is 24.8 Å². The summed E-state index contributed by atoms with van der Waals surface area (Å²) in [6.45, 7) is 8.15. The Balaban J connectivity index is 1.21. The number of hydrogen-bond acceptors (Lipinski definition) is 6. The van der Waals surface area contributed by atoms with Crippen LogP contribution in [0, 0.1) is 31.6 Å². The molecule has 1 aliphatic heterocycles. The molecule has 2 aliphatic carbocycles. The molecule has 4 aromatic heterocycles. The predicted octanol–water partition coefficient (Wildman–Crippen LogP) is 6.63. The number of piperidine rings is 1. The highest BCUT2D eigenvalue weighted by Crippen LogP contribution is 2.44. The summed E-state index contributed by atoms with van der Waals surface area (Å²) < 4.78 is 10.3. The molecule has 0 radical (unpaired) electrons. The van der Waals surface area contributed by atoms with Crippen molar-refractivity contribution in [1.82, 2.24) is 29.0 Å². The molecular formula is C35H39N7O2. The van der Waals surface area contributed by atoms with Gasteiger partial charge < -0.3 is 24.1 Å². The Kier molecular flexibility index (Phi) is 6.22. The number of likely N-dealkylation sites (tertiary alicyclic amines) is 1. The van der Waals surface area contributed by atoms with Crippen LogP contribution in [0.5, 0.6) is 5.75 Å². The Morgan fingerprint density at radius 2 is 1.84 bits per heavy atom. The molecule has 1 N–H and O–H groups in total. The molecule has 1 amide bonds. The van der Waals surface area contributed by atoms with E-state index in [1.807, 2.05) is 37.6 Å². The van der Waals surface area contributed by atoms with Gasteiger partial charge in [-0.1, -0.05) is 6.92 Å². The van der Waals surface area contributed by atoms with Gasteiger partial charge in [-0.3, -0.25) is 9.78 Å². The van der Waals surface area contributed by atoms with Crippen molar-refractivity contribution in [2.45, 2.75) is 59.0 Å². The number of methoxy groups -OCH3 is 1. The molecule has 1 saturated heterocycles. The number of ether oxygens (including phenoxy) is 1. The quantitative estimate of drug-likeness (QED) is 0.229. The molecule has 8 rings (SSSR count). The van der Waals surface area contributed by atoms with Crippen molar-refractivity contribution in [1.29, 1.82) is 0 Å². The van der Waals surface area contributed by atoms with Crippen LogP contribution < -0.4 is 10.1 Å². The van der Waals surface area contributed by atoms with E-state index >= 15 is 0 Å². The van der Waals surface area contributed by atoms with Gasteiger partial charge >= 0.3 is 0 Å². The minimum atomic E-state index is 0.0863. The number of aryl methyl sites for hydroxylation is 3. The van der Waals surface area contributed by atoms with Gasteiger partial charge in [-0.2, -0.15) is 0 Å². The van der Waals surface area contributed by atoms with Crippen molar-refractivity contribution in [3.8, 4) is 17.3 Å². The molecule has 3 fully saturated rings. The van der Waals surface area contributed by atoms with E-state index in [9.17, 15) is 4.79 Å². The summed E-state index contributed by atoms with van der Waals surface area (Å²) >= 11 is 0. The average Bonchev–Trinajstić information content (AvgIpc) is 3.43. The van der Waals surface area contributed by atoms with Crippen LogP contribution in [0.1, 0.15) is 54.1 Å². The van der Waals surface area contributed by atoms with Crippen LogP contribution >= 0.6 is 0 Å². The molecule has 2 bridgehead atoms. The zero-order chi connectivity index (χ0) is 30.3. The Morgan fingerprint density at radius 1 is 1.05 bits per heavy atom. The van der Waals surface area contributed by atoms with Crippen molar-refractivity contribution < 1.29 is 9.53 Å². The van der Waals surface area contributed by atoms with E-state index in [1.54, 1.807) is 7.11 Å². The number of amides is 1. The maximum absolute atomic E-state index is 13.8. The lowest BCUT2D eigenvalue weighted by Crippen LogP contribution is -2.38. The Morgan fingerprint density at radius 3 is 2.52 bits per heavy atom. The number of fused-ring (bicyclic) bond motifs is 4. The fourth-order valence-electron chi connectivity index (χ4n) is 7.68. The number of nitrogens with zero attached hydrogens (tertiary/aromatic N) is 6. The smallest absolute Gasteiger partial charge is 0.254 e. The summed E-state index contributed by atoms with van der Waals surface area (Å²) in [5.74, 6) is 4.22. The van der Waals surface area contributed by atoms with Gasteiger partial charge in [-0.05, 0) is 98.7 Å². The van der Waals surface area contributed by atoms with Crippen LogP contribution in [-0.2, 0) is 13.6 Å². The molecule has 5 heterocycles. The number of anilines is 2. The summed E-state index contributed by atoms with van der Waals surface area (Å²) in [7, 11) is 3.70. The lowest BCUT2D eigenvalue weighted by atomic mass is 10.0. The average molecular weight is 590 g/mol. The highest BCUT2D eigenvalue weighted by atomic mass is 16.5. The van der Waals surface area contributed by atoms with E-state index in [0.29, 0.717) is 35.1 Å². The minimum Gasteiger partial charge on any atom is -0.494 e. The molecule has 3 aliphatic rings. The lowest BCUT2D eigenvalue weighted by Gasteiger charge is -2.27. The lowest BCUT2D eigenvalue weighted by molar-refractivity contribution is 0.0696. The second-order valence-electron chi connectivity index (χ2n) is 13.2. The van der Waals surface area contributed by atoms with Gasteiger partial charge in [0.1, 0.15) is 22.7 Å². The fourth-order valence-corrected chi connectivity index (χ4v) is 7.68. The van der Waals surface area contributed by atoms with Gasteiger partial charge in [-0.25, -0.2) is 9.97 Å². The number of hydrogen-bond donors (Lipinski definition) is 1. The summed E-state index contributed by atoms with van der Waals surface area (Å²) in [5, 5.41) is 4.61. The summed E-state index contributed by atoms with van der Waals surface area (Å²) in [6.07, 6.45) is 8.53. The van der Waals surface area contributed by atoms with Crippen LogP contribution in [-0.4, -0.2) is 54.6 Å². The van der Waals surface area contributed by atoms with Crippen LogP contribution in [0.15, 0.2) is 42.7 Å². The Hall–Kier alpha value is -4.40. The number of carbonyl (C=O) groups excluding carboxylic acids is 1. The number of benzene rings is 1. The van der Waals surface area contributed by atoms with Crippen molar-refractivity contribution in [3.63, 3.8) is 0 Å². The summed E-state index contributed by atoms with van der Waals surface area (Å²) in [5.41, 5.74) is 7.47. The fraction of sp³-hybridized carbons (Fsp3) is 0.429. The normalized spacial score (nSPS) is 21.1. The number of rotatable bonds is 7. The van der Waals surface area contributed by atoms with Gasteiger partial charge in [-0.15, -0.1) is 0 Å². The van der Waals surface area contributed by atoms with E-state index in [0.717, 1.165) is 75.7 Å². The van der Waals surface area contributed by atoms with E-state index < -0.39 is 0 Å². The maximum atomic E-state index is 13.8. The van der Waals surface area contributed by atoms with E-state index in [4.69, 9.17) is 14.7 Å². The number of imidazole rings is 1. The molecule has 44 heavy (non-hydrogen) atoms. The molecule has 3 atom stereocenters. The zero-order valence-corrected chi connectivity index (χ0v) is 26.1.